The van der Waals surface area contributed by atoms with Crippen LogP contribution in [0.1, 0.15) is 24.3 Å². The van der Waals surface area contributed by atoms with E-state index in [1.807, 2.05) is 30.3 Å². The highest BCUT2D eigenvalue weighted by Crippen LogP contribution is 2.23. The third kappa shape index (κ3) is 3.42. The first-order chi connectivity index (χ1) is 8.97. The summed E-state index contributed by atoms with van der Waals surface area (Å²) in [5.41, 5.74) is 6.13. The van der Waals surface area contributed by atoms with Crippen LogP contribution in [0.3, 0.4) is 0 Å². The van der Waals surface area contributed by atoms with Gasteiger partial charge in [-0.2, -0.15) is 0 Å². The van der Waals surface area contributed by atoms with E-state index in [2.05, 4.69) is 4.98 Å². The molecule has 0 atom stereocenters. The van der Waals surface area contributed by atoms with Gasteiger partial charge in [-0.3, -0.25) is 0 Å². The topological polar surface area (TPSA) is 78.4 Å². The van der Waals surface area contributed by atoms with Gasteiger partial charge < -0.3 is 14.9 Å². The van der Waals surface area contributed by atoms with Crippen molar-refractivity contribution in [2.45, 2.75) is 19.4 Å². The second-order valence-electron chi connectivity index (χ2n) is 4.96. The molecule has 0 aliphatic rings. The minimum Gasteiger partial charge on any atom is -0.459 e. The molecule has 2 rings (SSSR count). The number of nitrogens with zero attached hydrogens (tertiary/aromatic N) is 1. The summed E-state index contributed by atoms with van der Waals surface area (Å²) in [6.07, 6.45) is 1.23. The predicted octanol–water partition coefficient (Wildman–Crippen LogP) is 2.24. The first-order valence-electron chi connectivity index (χ1n) is 5.92. The number of aromatic nitrogens is 1. The molecule has 5 heteroatoms. The SMILES string of the molecule is CC(C)(N)COC(=O)c1ncoc1-c1ccccc1. The lowest BCUT2D eigenvalue weighted by Gasteiger charge is -2.17. The molecule has 0 amide bonds. The van der Waals surface area contributed by atoms with Crippen LogP contribution in [-0.4, -0.2) is 23.1 Å². The molecule has 0 bridgehead atoms. The van der Waals surface area contributed by atoms with Gasteiger partial charge in [-0.1, -0.05) is 30.3 Å². The molecular weight excluding hydrogens is 244 g/mol. The lowest BCUT2D eigenvalue weighted by atomic mass is 10.1. The Balaban J connectivity index is 2.18. The molecule has 1 aromatic heterocycles. The number of nitrogens with two attached hydrogens (primary N) is 1. The highest BCUT2D eigenvalue weighted by atomic mass is 16.5. The average Bonchev–Trinajstić information content (AvgIpc) is 2.85. The molecule has 0 saturated carbocycles. The van der Waals surface area contributed by atoms with Crippen LogP contribution in [0.5, 0.6) is 0 Å². The molecule has 0 aliphatic heterocycles. The average molecular weight is 260 g/mol. The van der Waals surface area contributed by atoms with E-state index >= 15 is 0 Å². The molecule has 5 nitrogen and oxygen atoms in total. The molecular formula is C14H16N2O3. The molecule has 0 saturated heterocycles. The monoisotopic (exact) mass is 260 g/mol. The number of hydrogen-bond donors (Lipinski definition) is 1. The minimum absolute atomic E-state index is 0.118. The Hall–Kier alpha value is -2.14. The van der Waals surface area contributed by atoms with Gasteiger partial charge in [0.15, 0.2) is 17.8 Å². The Bertz CT molecular complexity index is 556. The third-order valence-corrected chi connectivity index (χ3v) is 2.37. The summed E-state index contributed by atoms with van der Waals surface area (Å²) in [5, 5.41) is 0. The van der Waals surface area contributed by atoms with Crippen molar-refractivity contribution >= 4 is 5.97 Å². The Morgan fingerprint density at radius 2 is 2.05 bits per heavy atom. The van der Waals surface area contributed by atoms with Crippen molar-refractivity contribution in [3.05, 3.63) is 42.4 Å². The maximum Gasteiger partial charge on any atom is 0.361 e. The zero-order valence-corrected chi connectivity index (χ0v) is 10.9. The maximum atomic E-state index is 11.9. The maximum absolute atomic E-state index is 11.9. The molecule has 2 N–H and O–H groups in total. The van der Waals surface area contributed by atoms with Gasteiger partial charge in [-0.15, -0.1) is 0 Å². The van der Waals surface area contributed by atoms with Crippen LogP contribution in [0, 0.1) is 0 Å². The first-order valence-corrected chi connectivity index (χ1v) is 5.92. The van der Waals surface area contributed by atoms with Gasteiger partial charge in [-0.05, 0) is 13.8 Å². The van der Waals surface area contributed by atoms with Gasteiger partial charge in [0.1, 0.15) is 6.61 Å². The van der Waals surface area contributed by atoms with Crippen molar-refractivity contribution in [2.24, 2.45) is 5.73 Å². The third-order valence-electron chi connectivity index (χ3n) is 2.37. The zero-order chi connectivity index (χ0) is 13.9. The van der Waals surface area contributed by atoms with E-state index in [1.165, 1.54) is 6.39 Å². The van der Waals surface area contributed by atoms with Crippen LogP contribution < -0.4 is 5.73 Å². The standard InChI is InChI=1S/C14H16N2O3/c1-14(2,15)8-18-13(17)11-12(19-9-16-11)10-6-4-3-5-7-10/h3-7,9H,8,15H2,1-2H3. The second-order valence-corrected chi connectivity index (χ2v) is 4.96. The normalized spacial score (nSPS) is 11.3. The number of carbonyl (C=O) groups excluding carboxylic acids is 1. The summed E-state index contributed by atoms with van der Waals surface area (Å²) in [6.45, 7) is 3.68. The molecule has 1 aromatic carbocycles. The highest BCUT2D eigenvalue weighted by molar-refractivity contribution is 5.93. The Morgan fingerprint density at radius 3 is 2.68 bits per heavy atom. The van der Waals surface area contributed by atoms with Crippen molar-refractivity contribution in [1.82, 2.24) is 4.98 Å². The van der Waals surface area contributed by atoms with E-state index in [9.17, 15) is 4.79 Å². The fourth-order valence-electron chi connectivity index (χ4n) is 1.51. The molecule has 2 aromatic rings. The molecule has 0 aliphatic carbocycles. The number of hydrogen-bond acceptors (Lipinski definition) is 5. The first kappa shape index (κ1) is 13.3. The molecule has 0 spiro atoms. The second kappa shape index (κ2) is 5.24. The molecule has 1 heterocycles. The molecule has 100 valence electrons. The number of carbonyl (C=O) groups is 1. The van der Waals surface area contributed by atoms with Crippen LogP contribution >= 0.6 is 0 Å². The lowest BCUT2D eigenvalue weighted by molar-refractivity contribution is 0.0427. The summed E-state index contributed by atoms with van der Waals surface area (Å²) >= 11 is 0. The number of rotatable bonds is 4. The van der Waals surface area contributed by atoms with Crippen LogP contribution in [0.15, 0.2) is 41.1 Å². The van der Waals surface area contributed by atoms with Crippen molar-refractivity contribution in [3.63, 3.8) is 0 Å². The minimum atomic E-state index is -0.577. The summed E-state index contributed by atoms with van der Waals surface area (Å²) < 4.78 is 10.4. The summed E-state index contributed by atoms with van der Waals surface area (Å²) in [6, 6.07) is 9.27. The molecule has 19 heavy (non-hydrogen) atoms. The number of benzene rings is 1. The van der Waals surface area contributed by atoms with E-state index in [4.69, 9.17) is 14.9 Å². The van der Waals surface area contributed by atoms with Gasteiger partial charge in [0.2, 0.25) is 0 Å². The van der Waals surface area contributed by atoms with Crippen molar-refractivity contribution in [2.75, 3.05) is 6.61 Å². The summed E-state index contributed by atoms with van der Waals surface area (Å²) in [7, 11) is 0. The predicted molar refractivity (Wildman–Crippen MR) is 70.5 cm³/mol. The van der Waals surface area contributed by atoms with E-state index in [1.54, 1.807) is 13.8 Å². The quantitative estimate of drug-likeness (QED) is 0.853. The van der Waals surface area contributed by atoms with Gasteiger partial charge >= 0.3 is 5.97 Å². The van der Waals surface area contributed by atoms with Crippen LogP contribution in [0.2, 0.25) is 0 Å². The number of ether oxygens (including phenoxy) is 1. The van der Waals surface area contributed by atoms with Gasteiger partial charge in [-0.25, -0.2) is 9.78 Å². The van der Waals surface area contributed by atoms with Crippen LogP contribution in [0.4, 0.5) is 0 Å². The summed E-state index contributed by atoms with van der Waals surface area (Å²) in [5.74, 6) is -0.133. The van der Waals surface area contributed by atoms with Crippen molar-refractivity contribution < 1.29 is 13.9 Å². The Morgan fingerprint density at radius 1 is 1.37 bits per heavy atom. The van der Waals surface area contributed by atoms with Gasteiger partial charge in [0.25, 0.3) is 0 Å². The molecule has 0 radical (unpaired) electrons. The molecule has 0 fully saturated rings. The van der Waals surface area contributed by atoms with E-state index < -0.39 is 11.5 Å². The lowest BCUT2D eigenvalue weighted by Crippen LogP contribution is -2.38. The highest BCUT2D eigenvalue weighted by Gasteiger charge is 2.22. The van der Waals surface area contributed by atoms with Crippen molar-refractivity contribution in [3.8, 4) is 11.3 Å². The van der Waals surface area contributed by atoms with Crippen LogP contribution in [0.25, 0.3) is 11.3 Å². The van der Waals surface area contributed by atoms with E-state index in [0.717, 1.165) is 5.56 Å². The van der Waals surface area contributed by atoms with Crippen molar-refractivity contribution in [1.29, 1.82) is 0 Å². The van der Waals surface area contributed by atoms with E-state index in [0.29, 0.717) is 5.76 Å². The fraction of sp³-hybridized carbons (Fsp3) is 0.286. The summed E-state index contributed by atoms with van der Waals surface area (Å²) in [4.78, 5) is 15.9. The zero-order valence-electron chi connectivity index (χ0n) is 10.9. The van der Waals surface area contributed by atoms with E-state index in [-0.39, 0.29) is 12.3 Å². The molecule has 0 unspecified atom stereocenters. The van der Waals surface area contributed by atoms with Gasteiger partial charge in [0.05, 0.1) is 0 Å². The number of esters is 1. The smallest absolute Gasteiger partial charge is 0.361 e. The fourth-order valence-corrected chi connectivity index (χ4v) is 1.51. The largest absolute Gasteiger partial charge is 0.459 e. The number of oxazole rings is 1. The van der Waals surface area contributed by atoms with Gasteiger partial charge in [0, 0.05) is 11.1 Å². The Labute approximate surface area is 111 Å². The van der Waals surface area contributed by atoms with Crippen LogP contribution in [-0.2, 0) is 4.74 Å². The Kier molecular flexibility index (Phi) is 3.66.